The number of carbonyl (C=O) groups is 1. The van der Waals surface area contributed by atoms with Gasteiger partial charge in [-0.2, -0.15) is 0 Å². The molecule has 0 aliphatic heterocycles. The molecule has 8 nitrogen and oxygen atoms in total. The maximum atomic E-state index is 13.0. The van der Waals surface area contributed by atoms with Crippen LogP contribution in [0.5, 0.6) is 0 Å². The van der Waals surface area contributed by atoms with Gasteiger partial charge < -0.3 is 5.32 Å². The second-order valence-electron chi connectivity index (χ2n) is 7.58. The molecular weight excluding hydrogens is 386 g/mol. The molecule has 0 aromatic heterocycles. The van der Waals surface area contributed by atoms with Crippen LogP contribution in [0.2, 0.25) is 0 Å². The van der Waals surface area contributed by atoms with Crippen molar-refractivity contribution in [3.05, 3.63) is 91.5 Å². The van der Waals surface area contributed by atoms with E-state index >= 15 is 0 Å². The Kier molecular flexibility index (Phi) is 4.91. The van der Waals surface area contributed by atoms with Crippen LogP contribution in [0.15, 0.2) is 54.6 Å². The lowest BCUT2D eigenvalue weighted by atomic mass is 9.78. The molecule has 0 saturated heterocycles. The zero-order valence-corrected chi connectivity index (χ0v) is 16.2. The molecule has 0 radical (unpaired) electrons. The Hall–Kier alpha value is -3.81. The average Bonchev–Trinajstić information content (AvgIpc) is 2.74. The van der Waals surface area contributed by atoms with Crippen LogP contribution in [0.25, 0.3) is 10.8 Å². The first-order valence-electron chi connectivity index (χ1n) is 9.60. The van der Waals surface area contributed by atoms with E-state index in [-0.39, 0.29) is 17.5 Å². The lowest BCUT2D eigenvalue weighted by Crippen LogP contribution is -2.35. The second-order valence-corrected chi connectivity index (χ2v) is 7.58. The molecule has 0 bridgehead atoms. The summed E-state index contributed by atoms with van der Waals surface area (Å²) in [5, 5.41) is 27.4. The maximum Gasteiger partial charge on any atom is 0.277 e. The Morgan fingerprint density at radius 1 is 1.00 bits per heavy atom. The van der Waals surface area contributed by atoms with Crippen LogP contribution in [0, 0.1) is 26.1 Å². The van der Waals surface area contributed by atoms with Crippen LogP contribution < -0.4 is 5.32 Å². The molecule has 1 N–H and O–H groups in total. The molecule has 0 saturated carbocycles. The van der Waals surface area contributed by atoms with Gasteiger partial charge in [-0.3, -0.25) is 25.0 Å². The lowest BCUT2D eigenvalue weighted by Gasteiger charge is -2.33. The number of amides is 1. The van der Waals surface area contributed by atoms with Gasteiger partial charge in [0.05, 0.1) is 27.5 Å². The molecule has 1 aliphatic carbocycles. The van der Waals surface area contributed by atoms with Gasteiger partial charge in [-0.15, -0.1) is 0 Å². The number of nitrogens with one attached hydrogen (secondary N) is 1. The van der Waals surface area contributed by atoms with E-state index in [4.69, 9.17) is 0 Å². The zero-order chi connectivity index (χ0) is 21.4. The summed E-state index contributed by atoms with van der Waals surface area (Å²) in [4.78, 5) is 33.8. The second kappa shape index (κ2) is 7.55. The number of aryl methyl sites for hydroxylation is 1. The minimum absolute atomic E-state index is 0.101. The summed E-state index contributed by atoms with van der Waals surface area (Å²) in [7, 11) is 0. The molecule has 3 aromatic carbocycles. The SMILES string of the molecule is C[C@H]1CCc2ccc3ccccc3c2[C@@H]1NC(=O)c1cc([N+](=O)[O-])cc([N+](=O)[O-])c1. The highest BCUT2D eigenvalue weighted by Gasteiger charge is 2.30. The first-order chi connectivity index (χ1) is 14.3. The molecule has 2 atom stereocenters. The van der Waals surface area contributed by atoms with Gasteiger partial charge in [0.15, 0.2) is 0 Å². The molecule has 0 unspecified atom stereocenters. The highest BCUT2D eigenvalue weighted by molar-refractivity contribution is 5.96. The van der Waals surface area contributed by atoms with Crippen molar-refractivity contribution >= 4 is 28.1 Å². The molecule has 0 heterocycles. The molecule has 8 heteroatoms. The molecule has 1 amide bonds. The van der Waals surface area contributed by atoms with Crippen LogP contribution in [0.3, 0.4) is 0 Å². The van der Waals surface area contributed by atoms with Crippen LogP contribution >= 0.6 is 0 Å². The van der Waals surface area contributed by atoms with Crippen molar-refractivity contribution < 1.29 is 14.6 Å². The maximum absolute atomic E-state index is 13.0. The standard InChI is InChI=1S/C22H19N3O5/c1-13-6-7-15-9-8-14-4-2-3-5-19(14)20(15)21(13)23-22(26)16-10-17(24(27)28)12-18(11-16)25(29)30/h2-5,8-13,21H,6-7H2,1H3,(H,23,26)/t13-,21+/m0/s1. The van der Waals surface area contributed by atoms with Gasteiger partial charge in [-0.1, -0.05) is 43.3 Å². The van der Waals surface area contributed by atoms with Gasteiger partial charge in [0, 0.05) is 12.1 Å². The van der Waals surface area contributed by atoms with Crippen molar-refractivity contribution in [3.8, 4) is 0 Å². The smallest absolute Gasteiger partial charge is 0.277 e. The first-order valence-corrected chi connectivity index (χ1v) is 9.60. The number of hydrogen-bond donors (Lipinski definition) is 1. The number of non-ortho nitro benzene ring substituents is 2. The van der Waals surface area contributed by atoms with Crippen molar-refractivity contribution in [1.82, 2.24) is 5.32 Å². The van der Waals surface area contributed by atoms with Crippen LogP contribution in [-0.2, 0) is 6.42 Å². The number of nitro groups is 2. The number of benzene rings is 3. The highest BCUT2D eigenvalue weighted by Crippen LogP contribution is 2.39. The zero-order valence-electron chi connectivity index (χ0n) is 16.2. The van der Waals surface area contributed by atoms with E-state index in [9.17, 15) is 25.0 Å². The van der Waals surface area contributed by atoms with Gasteiger partial charge in [0.2, 0.25) is 0 Å². The van der Waals surface area contributed by atoms with Crippen LogP contribution in [0.4, 0.5) is 11.4 Å². The minimum Gasteiger partial charge on any atom is -0.345 e. The Balaban J connectivity index is 1.75. The van der Waals surface area contributed by atoms with E-state index in [1.54, 1.807) is 0 Å². The Morgan fingerprint density at radius 3 is 2.33 bits per heavy atom. The van der Waals surface area contributed by atoms with E-state index in [1.807, 2.05) is 31.2 Å². The fourth-order valence-electron chi connectivity index (χ4n) is 4.14. The molecule has 4 rings (SSSR count). The first kappa shape index (κ1) is 19.5. The molecule has 30 heavy (non-hydrogen) atoms. The highest BCUT2D eigenvalue weighted by atomic mass is 16.6. The van der Waals surface area contributed by atoms with E-state index in [1.165, 1.54) is 0 Å². The summed E-state index contributed by atoms with van der Waals surface area (Å²) in [6, 6.07) is 14.8. The Labute approximate surface area is 171 Å². The summed E-state index contributed by atoms with van der Waals surface area (Å²) < 4.78 is 0. The number of rotatable bonds is 4. The Bertz CT molecular complexity index is 1160. The number of nitrogens with zero attached hydrogens (tertiary/aromatic N) is 2. The van der Waals surface area contributed by atoms with Crippen molar-refractivity contribution in [2.45, 2.75) is 25.8 Å². The van der Waals surface area contributed by atoms with E-state index in [2.05, 4.69) is 17.4 Å². The summed E-state index contributed by atoms with van der Waals surface area (Å²) in [5.41, 5.74) is 1.12. The van der Waals surface area contributed by atoms with Crippen molar-refractivity contribution in [3.63, 3.8) is 0 Å². The summed E-state index contributed by atoms with van der Waals surface area (Å²) in [5.74, 6) is -0.430. The third kappa shape index (κ3) is 3.47. The third-order valence-corrected chi connectivity index (χ3v) is 5.68. The molecular formula is C22H19N3O5. The summed E-state index contributed by atoms with van der Waals surface area (Å²) in [6.07, 6.45) is 1.78. The van der Waals surface area contributed by atoms with E-state index in [0.29, 0.717) is 0 Å². The number of fused-ring (bicyclic) bond motifs is 3. The number of nitro benzene ring substituents is 2. The van der Waals surface area contributed by atoms with Crippen molar-refractivity contribution in [1.29, 1.82) is 0 Å². The topological polar surface area (TPSA) is 115 Å². The molecule has 0 spiro atoms. The predicted molar refractivity (Wildman–Crippen MR) is 111 cm³/mol. The number of carbonyl (C=O) groups excluding carboxylic acids is 1. The molecule has 152 valence electrons. The number of hydrogen-bond acceptors (Lipinski definition) is 5. The Morgan fingerprint density at radius 2 is 1.67 bits per heavy atom. The largest absolute Gasteiger partial charge is 0.345 e. The average molecular weight is 405 g/mol. The monoisotopic (exact) mass is 405 g/mol. The predicted octanol–water partition coefficient (Wildman–Crippen LogP) is 4.71. The van der Waals surface area contributed by atoms with Crippen molar-refractivity contribution in [2.75, 3.05) is 0 Å². The minimum atomic E-state index is -0.740. The summed E-state index contributed by atoms with van der Waals surface area (Å²) in [6.45, 7) is 2.05. The van der Waals surface area contributed by atoms with Gasteiger partial charge >= 0.3 is 0 Å². The molecule has 0 fully saturated rings. The van der Waals surface area contributed by atoms with Gasteiger partial charge in [-0.05, 0) is 40.7 Å². The van der Waals surface area contributed by atoms with Crippen LogP contribution in [0.1, 0.15) is 40.9 Å². The molecule has 1 aliphatic rings. The van der Waals surface area contributed by atoms with Gasteiger partial charge in [0.1, 0.15) is 0 Å². The van der Waals surface area contributed by atoms with E-state index in [0.717, 1.165) is 52.9 Å². The van der Waals surface area contributed by atoms with Crippen molar-refractivity contribution in [2.24, 2.45) is 5.92 Å². The molecule has 3 aromatic rings. The third-order valence-electron chi connectivity index (χ3n) is 5.68. The quantitative estimate of drug-likeness (QED) is 0.498. The van der Waals surface area contributed by atoms with Gasteiger partial charge in [0.25, 0.3) is 17.3 Å². The normalized spacial score (nSPS) is 17.9. The summed E-state index contributed by atoms with van der Waals surface area (Å²) >= 11 is 0. The van der Waals surface area contributed by atoms with E-state index < -0.39 is 27.1 Å². The van der Waals surface area contributed by atoms with Crippen LogP contribution in [-0.4, -0.2) is 15.8 Å². The fraction of sp³-hybridized carbons (Fsp3) is 0.227. The fourth-order valence-corrected chi connectivity index (χ4v) is 4.14. The van der Waals surface area contributed by atoms with Gasteiger partial charge in [-0.25, -0.2) is 0 Å². The lowest BCUT2D eigenvalue weighted by molar-refractivity contribution is -0.394.